The zero-order valence-corrected chi connectivity index (χ0v) is 16.2. The van der Waals surface area contributed by atoms with Crippen LogP contribution in [0.4, 0.5) is 11.4 Å². The van der Waals surface area contributed by atoms with Crippen LogP contribution in [0.25, 0.3) is 0 Å². The number of nitro benzene ring substituents is 1. The summed E-state index contributed by atoms with van der Waals surface area (Å²) in [6, 6.07) is 5.67. The van der Waals surface area contributed by atoms with Crippen LogP contribution in [0.2, 0.25) is 5.02 Å². The maximum absolute atomic E-state index is 12.6. The predicted molar refractivity (Wildman–Crippen MR) is 106 cm³/mol. The van der Waals surface area contributed by atoms with Crippen LogP contribution in [-0.4, -0.2) is 33.5 Å². The number of aromatic nitrogens is 1. The molecule has 1 N–H and O–H groups in total. The molecule has 3 rings (SSSR count). The van der Waals surface area contributed by atoms with E-state index in [2.05, 4.69) is 4.99 Å². The zero-order valence-electron chi connectivity index (χ0n) is 15.5. The molecule has 0 aliphatic carbocycles. The summed E-state index contributed by atoms with van der Waals surface area (Å²) in [5.41, 5.74) is -0.161. The highest BCUT2D eigenvalue weighted by atomic mass is 35.5. The Morgan fingerprint density at radius 2 is 2.31 bits per heavy atom. The van der Waals surface area contributed by atoms with E-state index in [1.165, 1.54) is 31.3 Å². The Hall–Kier alpha value is -3.22. The van der Waals surface area contributed by atoms with E-state index in [1.54, 1.807) is 0 Å². The number of hydrogen-bond donors (Lipinski definition) is 1. The average Bonchev–Trinajstić information content (AvgIpc) is 3.19. The summed E-state index contributed by atoms with van der Waals surface area (Å²) in [6.45, 7) is 2.25. The molecule has 1 saturated heterocycles. The Morgan fingerprint density at radius 1 is 1.55 bits per heavy atom. The number of aliphatic imine (C=N–C) groups is 1. The molecule has 1 aromatic carbocycles. The lowest BCUT2D eigenvalue weighted by Crippen LogP contribution is -2.29. The first-order chi connectivity index (χ1) is 13.8. The van der Waals surface area contributed by atoms with E-state index < -0.39 is 10.5 Å². The van der Waals surface area contributed by atoms with Gasteiger partial charge in [-0.3, -0.25) is 24.5 Å². The van der Waals surface area contributed by atoms with Crippen molar-refractivity contribution in [3.05, 3.63) is 60.4 Å². The first-order valence-corrected chi connectivity index (χ1v) is 9.17. The zero-order chi connectivity index (χ0) is 21.1. The van der Waals surface area contributed by atoms with Crippen molar-refractivity contribution >= 4 is 29.2 Å². The van der Waals surface area contributed by atoms with Gasteiger partial charge in [0.1, 0.15) is 11.6 Å². The van der Waals surface area contributed by atoms with Crippen molar-refractivity contribution < 1.29 is 14.8 Å². The lowest BCUT2D eigenvalue weighted by atomic mass is 10.1. The molecule has 1 atom stereocenters. The summed E-state index contributed by atoms with van der Waals surface area (Å²) in [7, 11) is 0. The normalized spacial score (nSPS) is 16.2. The maximum atomic E-state index is 12.6. The number of halogens is 1. The Balaban J connectivity index is 2.04. The molecule has 1 unspecified atom stereocenters. The van der Waals surface area contributed by atoms with Gasteiger partial charge in [-0.05, 0) is 31.4 Å². The highest BCUT2D eigenvalue weighted by Crippen LogP contribution is 2.30. The van der Waals surface area contributed by atoms with Gasteiger partial charge in [0.05, 0.1) is 33.8 Å². The number of hydrogen-bond acceptors (Lipinski definition) is 7. The molecule has 0 spiro atoms. The van der Waals surface area contributed by atoms with Gasteiger partial charge < -0.3 is 9.84 Å². The minimum Gasteiger partial charge on any atom is -0.494 e. The van der Waals surface area contributed by atoms with Crippen LogP contribution in [0, 0.1) is 28.4 Å². The maximum Gasteiger partial charge on any atom is 0.271 e. The molecule has 1 aliphatic rings. The number of nitro groups is 1. The lowest BCUT2D eigenvalue weighted by Gasteiger charge is -2.17. The molecule has 10 heteroatoms. The molecule has 0 saturated carbocycles. The SMILES string of the molecule is Cc1c(C=Nc2ccc([N+](=O)[O-])cc2Cl)c(O)n(CC2CCCO2)c(=O)c1C#N. The Labute approximate surface area is 170 Å². The number of aromatic hydroxyl groups is 1. The molecule has 9 nitrogen and oxygen atoms in total. The fourth-order valence-electron chi connectivity index (χ4n) is 3.14. The Bertz CT molecular complexity index is 1100. The smallest absolute Gasteiger partial charge is 0.271 e. The third-order valence-electron chi connectivity index (χ3n) is 4.73. The van der Waals surface area contributed by atoms with Gasteiger partial charge in [0.2, 0.25) is 5.88 Å². The van der Waals surface area contributed by atoms with Gasteiger partial charge in [-0.25, -0.2) is 0 Å². The van der Waals surface area contributed by atoms with Crippen LogP contribution in [-0.2, 0) is 11.3 Å². The van der Waals surface area contributed by atoms with Crippen molar-refractivity contribution in [3.63, 3.8) is 0 Å². The van der Waals surface area contributed by atoms with Crippen molar-refractivity contribution in [1.82, 2.24) is 4.57 Å². The van der Waals surface area contributed by atoms with Gasteiger partial charge in [-0.1, -0.05) is 11.6 Å². The second kappa shape index (κ2) is 8.43. The summed E-state index contributed by atoms with van der Waals surface area (Å²) < 4.78 is 6.64. The van der Waals surface area contributed by atoms with Gasteiger partial charge in [-0.2, -0.15) is 5.26 Å². The minimum absolute atomic E-state index is 0.0563. The third-order valence-corrected chi connectivity index (χ3v) is 5.03. The van der Waals surface area contributed by atoms with Gasteiger partial charge >= 0.3 is 0 Å². The van der Waals surface area contributed by atoms with Crippen LogP contribution in [0.5, 0.6) is 5.88 Å². The molecule has 0 radical (unpaired) electrons. The van der Waals surface area contributed by atoms with E-state index in [1.807, 2.05) is 6.07 Å². The largest absolute Gasteiger partial charge is 0.494 e. The number of pyridine rings is 1. The van der Waals surface area contributed by atoms with Crippen LogP contribution >= 0.6 is 11.6 Å². The van der Waals surface area contributed by atoms with Crippen molar-refractivity contribution in [1.29, 1.82) is 5.26 Å². The summed E-state index contributed by atoms with van der Waals surface area (Å²) >= 11 is 6.04. The van der Waals surface area contributed by atoms with E-state index in [0.717, 1.165) is 17.4 Å². The number of benzene rings is 1. The Kier molecular flexibility index (Phi) is 5.96. The molecule has 1 aliphatic heterocycles. The monoisotopic (exact) mass is 416 g/mol. The molecule has 1 aromatic heterocycles. The van der Waals surface area contributed by atoms with Gasteiger partial charge in [0.25, 0.3) is 11.2 Å². The highest BCUT2D eigenvalue weighted by molar-refractivity contribution is 6.33. The summed E-state index contributed by atoms with van der Waals surface area (Å²) in [6.07, 6.45) is 2.68. The summed E-state index contributed by atoms with van der Waals surface area (Å²) in [5.74, 6) is -0.330. The number of non-ortho nitro benzene ring substituents is 1. The van der Waals surface area contributed by atoms with Crippen molar-refractivity contribution in [2.24, 2.45) is 4.99 Å². The molecular weight excluding hydrogens is 400 g/mol. The van der Waals surface area contributed by atoms with Crippen molar-refractivity contribution in [2.75, 3.05) is 6.61 Å². The summed E-state index contributed by atoms with van der Waals surface area (Å²) in [4.78, 5) is 27.0. The first kappa shape index (κ1) is 20.5. The van der Waals surface area contributed by atoms with Gasteiger partial charge in [0, 0.05) is 25.0 Å². The standard InChI is InChI=1S/C19H17ClN4O5/c1-11-14(8-21)18(25)23(10-13-3-2-6-29-13)19(26)15(11)9-22-17-5-4-12(24(27)28)7-16(17)20/h4-5,7,9,13,26H,2-3,6,10H2,1H3. The van der Waals surface area contributed by atoms with Gasteiger partial charge in [0.15, 0.2) is 0 Å². The summed E-state index contributed by atoms with van der Waals surface area (Å²) in [5, 5.41) is 31.0. The molecule has 2 aromatic rings. The third kappa shape index (κ3) is 4.13. The fraction of sp³-hybridized carbons (Fsp3) is 0.316. The molecule has 150 valence electrons. The molecule has 29 heavy (non-hydrogen) atoms. The predicted octanol–water partition coefficient (Wildman–Crippen LogP) is 3.23. The second-order valence-corrected chi connectivity index (χ2v) is 6.96. The molecular formula is C19H17ClN4O5. The van der Waals surface area contributed by atoms with Crippen LogP contribution < -0.4 is 5.56 Å². The second-order valence-electron chi connectivity index (χ2n) is 6.55. The van der Waals surface area contributed by atoms with Crippen molar-refractivity contribution in [2.45, 2.75) is 32.4 Å². The van der Waals surface area contributed by atoms with Crippen LogP contribution in [0.1, 0.15) is 29.5 Å². The molecule has 0 bridgehead atoms. The van der Waals surface area contributed by atoms with Crippen molar-refractivity contribution in [3.8, 4) is 11.9 Å². The quantitative estimate of drug-likeness (QED) is 0.452. The van der Waals surface area contributed by atoms with Crippen LogP contribution in [0.15, 0.2) is 28.0 Å². The number of nitrogens with zero attached hydrogens (tertiary/aromatic N) is 4. The van der Waals surface area contributed by atoms with E-state index in [-0.39, 0.29) is 51.6 Å². The van der Waals surface area contributed by atoms with Gasteiger partial charge in [-0.15, -0.1) is 0 Å². The number of rotatable bonds is 5. The molecule has 1 fully saturated rings. The van der Waals surface area contributed by atoms with E-state index in [9.17, 15) is 25.3 Å². The van der Waals surface area contributed by atoms with E-state index in [0.29, 0.717) is 6.61 Å². The molecule has 0 amide bonds. The average molecular weight is 417 g/mol. The van der Waals surface area contributed by atoms with E-state index >= 15 is 0 Å². The molecule has 2 heterocycles. The van der Waals surface area contributed by atoms with Crippen LogP contribution in [0.3, 0.4) is 0 Å². The first-order valence-electron chi connectivity index (χ1n) is 8.79. The topological polar surface area (TPSA) is 131 Å². The Morgan fingerprint density at radius 3 is 2.90 bits per heavy atom. The lowest BCUT2D eigenvalue weighted by molar-refractivity contribution is -0.384. The number of ether oxygens (including phenoxy) is 1. The minimum atomic E-state index is -0.594. The highest BCUT2D eigenvalue weighted by Gasteiger charge is 2.23. The number of nitriles is 1. The van der Waals surface area contributed by atoms with E-state index in [4.69, 9.17) is 16.3 Å². The fourth-order valence-corrected chi connectivity index (χ4v) is 3.36.